The van der Waals surface area contributed by atoms with E-state index in [1.807, 2.05) is 6.92 Å². The highest BCUT2D eigenvalue weighted by Crippen LogP contribution is 2.03. The maximum absolute atomic E-state index is 10.6. The van der Waals surface area contributed by atoms with E-state index in [9.17, 15) is 4.79 Å². The van der Waals surface area contributed by atoms with E-state index < -0.39 is 12.0 Å². The molecule has 1 rings (SSSR count). The molecule has 1 unspecified atom stereocenters. The molecule has 0 aliphatic carbocycles. The lowest BCUT2D eigenvalue weighted by Crippen LogP contribution is -2.35. The molecule has 0 radical (unpaired) electrons. The van der Waals surface area contributed by atoms with Crippen LogP contribution in [-0.4, -0.2) is 36.0 Å². The lowest BCUT2D eigenvalue weighted by atomic mass is 10.2. The first-order chi connectivity index (χ1) is 5.75. The summed E-state index contributed by atoms with van der Waals surface area (Å²) in [6.07, 6.45) is 0.650. The fraction of sp³-hybridized carbons (Fsp3) is 0.714. The van der Waals surface area contributed by atoms with E-state index in [0.717, 1.165) is 0 Å². The third-order valence-corrected chi connectivity index (χ3v) is 1.62. The number of hydrogen-bond acceptors (Lipinski definition) is 4. The molecule has 0 aromatic heterocycles. The van der Waals surface area contributed by atoms with E-state index in [-0.39, 0.29) is 0 Å². The lowest BCUT2D eigenvalue weighted by molar-refractivity contribution is -0.137. The number of hydrogen-bond donors (Lipinski definition) is 2. The van der Waals surface area contributed by atoms with Crippen molar-refractivity contribution < 1.29 is 14.7 Å². The fourth-order valence-electron chi connectivity index (χ4n) is 1.08. The number of nitrogens with zero attached hydrogens (tertiary/aromatic N) is 1. The van der Waals surface area contributed by atoms with E-state index >= 15 is 0 Å². The molecule has 2 N–H and O–H groups in total. The number of aliphatic carboxylic acids is 1. The normalized spacial score (nSPS) is 26.1. The van der Waals surface area contributed by atoms with Crippen LogP contribution >= 0.6 is 0 Å². The second-order valence-electron chi connectivity index (χ2n) is 2.48. The first kappa shape index (κ1) is 8.99. The molecule has 1 atom stereocenters. The molecule has 1 fully saturated rings. The summed E-state index contributed by atoms with van der Waals surface area (Å²) in [5.74, 6) is -0.897. The Kier molecular flexibility index (Phi) is 3.04. The number of carbonyl (C=O) groups is 1. The van der Waals surface area contributed by atoms with E-state index in [1.54, 1.807) is 0 Å². The van der Waals surface area contributed by atoms with Gasteiger partial charge in [0.05, 0.1) is 5.71 Å². The molecule has 0 spiro atoms. The summed E-state index contributed by atoms with van der Waals surface area (Å²) in [6, 6.07) is -0.656. The minimum atomic E-state index is -0.897. The molecule has 5 heteroatoms. The highest BCUT2D eigenvalue weighted by Gasteiger charge is 2.28. The summed E-state index contributed by atoms with van der Waals surface area (Å²) in [7, 11) is 0. The molecular formula is C7H12N2O3. The van der Waals surface area contributed by atoms with Crippen LogP contribution in [0.2, 0.25) is 0 Å². The minimum Gasteiger partial charge on any atom is -0.480 e. The minimum absolute atomic E-state index is 0.468. The molecule has 5 nitrogen and oxygen atoms in total. The highest BCUT2D eigenvalue weighted by molar-refractivity contribution is 6.06. The van der Waals surface area contributed by atoms with Crippen molar-refractivity contribution in [2.45, 2.75) is 19.4 Å². The summed E-state index contributed by atoms with van der Waals surface area (Å²) in [6.45, 7) is 2.93. The zero-order valence-electron chi connectivity index (χ0n) is 6.91. The summed E-state index contributed by atoms with van der Waals surface area (Å²) in [5.41, 5.74) is 0.573. The Morgan fingerprint density at radius 1 is 1.92 bits per heavy atom. The molecule has 0 aromatic rings. The van der Waals surface area contributed by atoms with Crippen LogP contribution in [-0.2, 0) is 9.63 Å². The number of carboxylic acid groups (broad SMARTS) is 1. The Labute approximate surface area is 70.4 Å². The molecule has 1 heterocycles. The van der Waals surface area contributed by atoms with Crippen LogP contribution in [0.15, 0.2) is 5.16 Å². The van der Waals surface area contributed by atoms with Crippen molar-refractivity contribution in [1.29, 1.82) is 0 Å². The van der Waals surface area contributed by atoms with Crippen LogP contribution in [0.1, 0.15) is 13.3 Å². The second-order valence-corrected chi connectivity index (χ2v) is 2.48. The SMILES string of the molecule is CCON=C1CCNC1C(=O)O. The van der Waals surface area contributed by atoms with Crippen LogP contribution in [0.4, 0.5) is 0 Å². The Balaban J connectivity index is 2.57. The van der Waals surface area contributed by atoms with Gasteiger partial charge in [-0.2, -0.15) is 0 Å². The van der Waals surface area contributed by atoms with Crippen LogP contribution < -0.4 is 5.32 Å². The Morgan fingerprint density at radius 3 is 3.25 bits per heavy atom. The van der Waals surface area contributed by atoms with Gasteiger partial charge < -0.3 is 9.94 Å². The quantitative estimate of drug-likeness (QED) is 0.579. The Bertz CT molecular complexity index is 203. The zero-order valence-corrected chi connectivity index (χ0v) is 6.91. The summed E-state index contributed by atoms with van der Waals surface area (Å²) in [5, 5.41) is 15.2. The van der Waals surface area contributed by atoms with Crippen LogP contribution in [0, 0.1) is 0 Å². The van der Waals surface area contributed by atoms with Gasteiger partial charge in [0.2, 0.25) is 0 Å². The van der Waals surface area contributed by atoms with Gasteiger partial charge in [-0.25, -0.2) is 0 Å². The van der Waals surface area contributed by atoms with Crippen LogP contribution in [0.3, 0.4) is 0 Å². The van der Waals surface area contributed by atoms with Crippen molar-refractivity contribution >= 4 is 11.7 Å². The van der Waals surface area contributed by atoms with E-state index in [0.29, 0.717) is 25.3 Å². The average molecular weight is 172 g/mol. The van der Waals surface area contributed by atoms with Gasteiger partial charge in [0.1, 0.15) is 12.6 Å². The van der Waals surface area contributed by atoms with E-state index in [4.69, 9.17) is 9.94 Å². The number of oxime groups is 1. The van der Waals surface area contributed by atoms with Crippen LogP contribution in [0.5, 0.6) is 0 Å². The highest BCUT2D eigenvalue weighted by atomic mass is 16.6. The van der Waals surface area contributed by atoms with Gasteiger partial charge in [-0.1, -0.05) is 5.16 Å². The largest absolute Gasteiger partial charge is 0.480 e. The molecule has 1 aliphatic heterocycles. The number of nitrogens with one attached hydrogen (secondary N) is 1. The maximum atomic E-state index is 10.6. The van der Waals surface area contributed by atoms with Crippen molar-refractivity contribution in [3.8, 4) is 0 Å². The van der Waals surface area contributed by atoms with Crippen molar-refractivity contribution in [3.05, 3.63) is 0 Å². The first-order valence-electron chi connectivity index (χ1n) is 3.90. The number of rotatable bonds is 3. The van der Waals surface area contributed by atoms with Gasteiger partial charge in [0.15, 0.2) is 0 Å². The van der Waals surface area contributed by atoms with Gasteiger partial charge in [-0.05, 0) is 6.92 Å². The molecule has 12 heavy (non-hydrogen) atoms. The summed E-state index contributed by atoms with van der Waals surface area (Å²) < 4.78 is 0. The summed E-state index contributed by atoms with van der Waals surface area (Å²) in [4.78, 5) is 15.4. The Hall–Kier alpha value is -1.10. The van der Waals surface area contributed by atoms with Crippen LogP contribution in [0.25, 0.3) is 0 Å². The first-order valence-corrected chi connectivity index (χ1v) is 3.90. The maximum Gasteiger partial charge on any atom is 0.326 e. The monoisotopic (exact) mass is 172 g/mol. The van der Waals surface area contributed by atoms with Crippen molar-refractivity contribution in [1.82, 2.24) is 5.32 Å². The van der Waals surface area contributed by atoms with Gasteiger partial charge in [-0.15, -0.1) is 0 Å². The van der Waals surface area contributed by atoms with Gasteiger partial charge in [-0.3, -0.25) is 10.1 Å². The van der Waals surface area contributed by atoms with Crippen molar-refractivity contribution in [2.24, 2.45) is 5.16 Å². The molecule has 0 saturated carbocycles. The smallest absolute Gasteiger partial charge is 0.326 e. The predicted octanol–water partition coefficient (Wildman–Crippen LogP) is -0.175. The number of carboxylic acids is 1. The van der Waals surface area contributed by atoms with Crippen molar-refractivity contribution in [2.75, 3.05) is 13.2 Å². The molecule has 0 amide bonds. The Morgan fingerprint density at radius 2 is 2.67 bits per heavy atom. The topological polar surface area (TPSA) is 70.9 Å². The zero-order chi connectivity index (χ0) is 8.97. The van der Waals surface area contributed by atoms with Gasteiger partial charge in [0.25, 0.3) is 0 Å². The average Bonchev–Trinajstić information content (AvgIpc) is 2.48. The second kappa shape index (κ2) is 4.06. The van der Waals surface area contributed by atoms with Crippen molar-refractivity contribution in [3.63, 3.8) is 0 Å². The third-order valence-electron chi connectivity index (χ3n) is 1.62. The summed E-state index contributed by atoms with van der Waals surface area (Å²) >= 11 is 0. The molecule has 1 aliphatic rings. The molecule has 68 valence electrons. The standard InChI is InChI=1S/C7H12N2O3/c1-2-12-9-5-3-4-8-6(5)7(10)11/h6,8H,2-4H2,1H3,(H,10,11). The molecule has 0 bridgehead atoms. The fourth-order valence-corrected chi connectivity index (χ4v) is 1.08. The lowest BCUT2D eigenvalue weighted by Gasteiger charge is -2.04. The third kappa shape index (κ3) is 1.94. The molecule has 1 saturated heterocycles. The van der Waals surface area contributed by atoms with Gasteiger partial charge >= 0.3 is 5.97 Å². The van der Waals surface area contributed by atoms with E-state index in [1.165, 1.54) is 0 Å². The van der Waals surface area contributed by atoms with E-state index in [2.05, 4.69) is 10.5 Å². The molecular weight excluding hydrogens is 160 g/mol. The van der Waals surface area contributed by atoms with Gasteiger partial charge in [0, 0.05) is 13.0 Å². The molecule has 0 aromatic carbocycles. The predicted molar refractivity (Wildman–Crippen MR) is 43.1 cm³/mol.